The summed E-state index contributed by atoms with van der Waals surface area (Å²) in [4.78, 5) is 30.4. The number of rotatable bonds is 2. The van der Waals surface area contributed by atoms with Gasteiger partial charge in [0, 0.05) is 12.0 Å². The molecule has 0 aromatic carbocycles. The third-order valence-corrected chi connectivity index (χ3v) is 3.46. The number of hydrogen-bond donors (Lipinski definition) is 1. The molecule has 0 aromatic rings. The van der Waals surface area contributed by atoms with Gasteiger partial charge in [0.1, 0.15) is 12.1 Å². The van der Waals surface area contributed by atoms with Crippen LogP contribution in [0.1, 0.15) is 34.1 Å². The average Bonchev–Trinajstić information content (AvgIpc) is 2.86. The van der Waals surface area contributed by atoms with Crippen LogP contribution in [0, 0.1) is 0 Å². The van der Waals surface area contributed by atoms with Gasteiger partial charge in [-0.2, -0.15) is 0 Å². The Bertz CT molecular complexity index is 427. The zero-order chi connectivity index (χ0) is 14.4. The highest BCUT2D eigenvalue weighted by Crippen LogP contribution is 2.31. The summed E-state index contributed by atoms with van der Waals surface area (Å²) in [6.07, 6.45) is 3.47. The number of amides is 2. The molecular weight excluding hydrogens is 248 g/mol. The smallest absolute Gasteiger partial charge is 0.408 e. The topological polar surface area (TPSA) is 70.1 Å². The van der Waals surface area contributed by atoms with E-state index in [0.29, 0.717) is 0 Å². The van der Waals surface area contributed by atoms with E-state index in [1.54, 1.807) is 27.7 Å². The monoisotopic (exact) mass is 268 g/mol. The lowest BCUT2D eigenvalue weighted by molar-refractivity contribution is -0.188. The molecule has 2 amide bonds. The minimum absolute atomic E-state index is 0.0472. The van der Waals surface area contributed by atoms with Gasteiger partial charge in [-0.1, -0.05) is 12.2 Å². The summed E-state index contributed by atoms with van der Waals surface area (Å²) in [5, 5.41) is 10.6. The van der Waals surface area contributed by atoms with Crippen LogP contribution in [0.2, 0.25) is 0 Å². The van der Waals surface area contributed by atoms with E-state index in [9.17, 15) is 14.7 Å². The molecule has 1 aliphatic carbocycles. The van der Waals surface area contributed by atoms with E-state index in [-0.39, 0.29) is 18.1 Å². The van der Waals surface area contributed by atoms with Gasteiger partial charge >= 0.3 is 6.09 Å². The Morgan fingerprint density at radius 3 is 2.42 bits per heavy atom. The maximum Gasteiger partial charge on any atom is 0.408 e. The van der Waals surface area contributed by atoms with Crippen molar-refractivity contribution in [1.82, 2.24) is 9.96 Å². The lowest BCUT2D eigenvalue weighted by atomic mass is 10.0. The van der Waals surface area contributed by atoms with Crippen molar-refractivity contribution in [2.24, 2.45) is 0 Å². The predicted octanol–water partition coefficient (Wildman–Crippen LogP) is 1.62. The molecular formula is C13H20N2O4. The summed E-state index contributed by atoms with van der Waals surface area (Å²) in [6, 6.07) is -0.833. The minimum atomic E-state index is -1.10. The van der Waals surface area contributed by atoms with Crippen molar-refractivity contribution < 1.29 is 19.5 Å². The second kappa shape index (κ2) is 4.52. The van der Waals surface area contributed by atoms with Crippen LogP contribution in [0.4, 0.5) is 4.79 Å². The van der Waals surface area contributed by atoms with Crippen molar-refractivity contribution in [3.8, 4) is 0 Å². The second-order valence-corrected chi connectivity index (χ2v) is 6.00. The highest BCUT2D eigenvalue weighted by atomic mass is 16.7. The summed E-state index contributed by atoms with van der Waals surface area (Å²) < 4.78 is 0. The van der Waals surface area contributed by atoms with E-state index < -0.39 is 17.7 Å². The largest absolute Gasteiger partial charge is 0.465 e. The van der Waals surface area contributed by atoms with Crippen molar-refractivity contribution in [1.29, 1.82) is 0 Å². The molecule has 1 saturated heterocycles. The first-order valence-corrected chi connectivity index (χ1v) is 6.42. The number of carboxylic acid groups (broad SMARTS) is 1. The van der Waals surface area contributed by atoms with E-state index in [0.717, 1.165) is 11.3 Å². The van der Waals surface area contributed by atoms with Crippen LogP contribution in [0.15, 0.2) is 12.2 Å². The van der Waals surface area contributed by atoms with Gasteiger partial charge in [-0.25, -0.2) is 9.86 Å². The first-order chi connectivity index (χ1) is 8.71. The van der Waals surface area contributed by atoms with Gasteiger partial charge in [0.05, 0.1) is 6.04 Å². The third-order valence-electron chi connectivity index (χ3n) is 3.46. The minimum Gasteiger partial charge on any atom is -0.465 e. The molecule has 0 saturated carbocycles. The molecule has 2 aliphatic rings. The molecule has 1 N–H and O–H groups in total. The molecule has 6 nitrogen and oxygen atoms in total. The third kappa shape index (κ3) is 2.45. The molecule has 3 atom stereocenters. The number of hydroxylamine groups is 2. The van der Waals surface area contributed by atoms with Gasteiger partial charge in [0.2, 0.25) is 0 Å². The molecule has 0 radical (unpaired) electrons. The van der Waals surface area contributed by atoms with Crippen LogP contribution < -0.4 is 0 Å². The Balaban J connectivity index is 2.14. The molecule has 6 heteroatoms. The molecule has 0 spiro atoms. The Kier molecular flexibility index (Phi) is 3.30. The van der Waals surface area contributed by atoms with E-state index in [1.807, 2.05) is 12.2 Å². The molecule has 0 aromatic heterocycles. The number of nitrogens with zero attached hydrogens (tertiary/aromatic N) is 2. The van der Waals surface area contributed by atoms with Crippen LogP contribution in [0.5, 0.6) is 0 Å². The van der Waals surface area contributed by atoms with Crippen molar-refractivity contribution in [2.45, 2.75) is 57.8 Å². The van der Waals surface area contributed by atoms with E-state index in [4.69, 9.17) is 4.84 Å². The fraction of sp³-hybridized carbons (Fsp3) is 0.692. The van der Waals surface area contributed by atoms with Crippen LogP contribution in [0.3, 0.4) is 0 Å². The highest BCUT2D eigenvalue weighted by molar-refractivity contribution is 5.85. The molecule has 19 heavy (non-hydrogen) atoms. The Morgan fingerprint density at radius 2 is 2.05 bits per heavy atom. The quantitative estimate of drug-likeness (QED) is 0.773. The fourth-order valence-electron chi connectivity index (χ4n) is 2.67. The van der Waals surface area contributed by atoms with Gasteiger partial charge in [-0.05, 0) is 27.7 Å². The summed E-state index contributed by atoms with van der Waals surface area (Å²) in [5.41, 5.74) is -0.643. The van der Waals surface area contributed by atoms with E-state index in [2.05, 4.69) is 0 Å². The standard InChI is InChI=1S/C13H20N2O4/c1-8(14(12(17)18)13(2,3)4)11(16)15-9-5-6-10(7-9)19-15/h5-6,8-10H,7H2,1-4H3,(H,17,18)/t8-,9?,10?/m1/s1. The number of hydrogen-bond acceptors (Lipinski definition) is 3. The van der Waals surface area contributed by atoms with Crippen LogP contribution in [0.25, 0.3) is 0 Å². The molecule has 1 aliphatic heterocycles. The predicted molar refractivity (Wildman–Crippen MR) is 68.3 cm³/mol. The molecule has 2 bridgehead atoms. The van der Waals surface area contributed by atoms with Crippen molar-refractivity contribution in [3.05, 3.63) is 12.2 Å². The normalized spacial score (nSPS) is 26.6. The molecule has 2 rings (SSSR count). The SMILES string of the molecule is C[C@H](C(=O)N1OC2C=CC1C2)N(C(=O)O)C(C)(C)C. The highest BCUT2D eigenvalue weighted by Gasteiger charge is 2.43. The van der Waals surface area contributed by atoms with Crippen molar-refractivity contribution >= 4 is 12.0 Å². The van der Waals surface area contributed by atoms with E-state index in [1.165, 1.54) is 5.06 Å². The van der Waals surface area contributed by atoms with Gasteiger partial charge in [-0.3, -0.25) is 14.5 Å². The Hall–Kier alpha value is -1.56. The van der Waals surface area contributed by atoms with Gasteiger partial charge < -0.3 is 5.11 Å². The van der Waals surface area contributed by atoms with Crippen LogP contribution in [-0.4, -0.2) is 50.8 Å². The molecule has 1 heterocycles. The maximum absolute atomic E-state index is 12.4. The van der Waals surface area contributed by atoms with Gasteiger partial charge in [-0.15, -0.1) is 0 Å². The maximum atomic E-state index is 12.4. The lowest BCUT2D eigenvalue weighted by Gasteiger charge is -2.39. The van der Waals surface area contributed by atoms with Crippen LogP contribution >= 0.6 is 0 Å². The molecule has 2 unspecified atom stereocenters. The number of carbonyl (C=O) groups is 2. The first kappa shape index (κ1) is 13.9. The summed E-state index contributed by atoms with van der Waals surface area (Å²) in [7, 11) is 0. The van der Waals surface area contributed by atoms with Crippen molar-refractivity contribution in [2.75, 3.05) is 0 Å². The molecule has 1 fully saturated rings. The lowest BCUT2D eigenvalue weighted by Crippen LogP contribution is -2.56. The van der Waals surface area contributed by atoms with Crippen molar-refractivity contribution in [3.63, 3.8) is 0 Å². The summed E-state index contributed by atoms with van der Waals surface area (Å²) in [6.45, 7) is 6.89. The number of fused-ring (bicyclic) bond motifs is 2. The van der Waals surface area contributed by atoms with Crippen LogP contribution in [-0.2, 0) is 9.63 Å². The Morgan fingerprint density at radius 1 is 1.42 bits per heavy atom. The fourth-order valence-corrected chi connectivity index (χ4v) is 2.67. The van der Waals surface area contributed by atoms with Gasteiger partial charge in [0.15, 0.2) is 0 Å². The van der Waals surface area contributed by atoms with E-state index >= 15 is 0 Å². The summed E-state index contributed by atoms with van der Waals surface area (Å²) in [5.74, 6) is -0.311. The zero-order valence-electron chi connectivity index (χ0n) is 11.7. The zero-order valence-corrected chi connectivity index (χ0v) is 11.7. The van der Waals surface area contributed by atoms with Gasteiger partial charge in [0.25, 0.3) is 5.91 Å². The molecule has 106 valence electrons. The Labute approximate surface area is 112 Å². The first-order valence-electron chi connectivity index (χ1n) is 6.42. The average molecular weight is 268 g/mol. The number of carbonyl (C=O) groups excluding carboxylic acids is 1. The second-order valence-electron chi connectivity index (χ2n) is 6.00. The summed E-state index contributed by atoms with van der Waals surface area (Å²) >= 11 is 0.